The first-order chi connectivity index (χ1) is 11.7. The lowest BCUT2D eigenvalue weighted by Gasteiger charge is -2.08. The van der Waals surface area contributed by atoms with E-state index in [0.29, 0.717) is 18.1 Å². The average molecular weight is 322 g/mol. The Morgan fingerprint density at radius 3 is 2.79 bits per heavy atom. The van der Waals surface area contributed by atoms with E-state index in [-0.39, 0.29) is 5.91 Å². The van der Waals surface area contributed by atoms with Gasteiger partial charge in [-0.15, -0.1) is 0 Å². The van der Waals surface area contributed by atoms with Crippen LogP contribution in [0, 0.1) is 0 Å². The lowest BCUT2D eigenvalue weighted by atomic mass is 10.1. The van der Waals surface area contributed by atoms with E-state index in [1.54, 1.807) is 25.4 Å². The Labute approximate surface area is 140 Å². The molecule has 0 atom stereocenters. The van der Waals surface area contributed by atoms with Crippen LogP contribution in [0.25, 0.3) is 11.3 Å². The van der Waals surface area contributed by atoms with Crippen molar-refractivity contribution in [1.29, 1.82) is 0 Å². The molecule has 1 N–H and O–H groups in total. The molecule has 3 aromatic rings. The van der Waals surface area contributed by atoms with Crippen molar-refractivity contribution in [2.24, 2.45) is 7.05 Å². The van der Waals surface area contributed by atoms with Gasteiger partial charge in [0, 0.05) is 18.8 Å². The maximum absolute atomic E-state index is 12.3. The molecule has 1 aromatic carbocycles. The minimum absolute atomic E-state index is 0.247. The molecule has 0 unspecified atom stereocenters. The van der Waals surface area contributed by atoms with E-state index in [1.807, 2.05) is 43.3 Å². The Hall–Kier alpha value is -3.15. The topological polar surface area (TPSA) is 69.0 Å². The number of aryl methyl sites for hydroxylation is 1. The van der Waals surface area contributed by atoms with E-state index in [1.165, 1.54) is 4.68 Å². The number of hydrogen-bond acceptors (Lipinski definition) is 4. The predicted molar refractivity (Wildman–Crippen MR) is 92.0 cm³/mol. The molecule has 0 saturated heterocycles. The molecule has 0 aliphatic rings. The second-order valence-corrected chi connectivity index (χ2v) is 5.16. The average Bonchev–Trinajstić information content (AvgIpc) is 3.02. The number of carbonyl (C=O) groups excluding carboxylic acids is 1. The summed E-state index contributed by atoms with van der Waals surface area (Å²) in [6, 6.07) is 14.9. The largest absolute Gasteiger partial charge is 0.494 e. The molecular formula is C18H18N4O2. The summed E-state index contributed by atoms with van der Waals surface area (Å²) in [5, 5.41) is 6.79. The minimum atomic E-state index is -0.247. The number of pyridine rings is 1. The highest BCUT2D eigenvalue weighted by Gasteiger charge is 2.11. The van der Waals surface area contributed by atoms with Crippen LogP contribution in [0.4, 0.5) is 5.82 Å². The summed E-state index contributed by atoms with van der Waals surface area (Å²) in [6.07, 6.45) is 1.58. The molecule has 0 fully saturated rings. The van der Waals surface area contributed by atoms with Gasteiger partial charge in [0.15, 0.2) is 0 Å². The van der Waals surface area contributed by atoms with Crippen LogP contribution in [0.5, 0.6) is 5.75 Å². The van der Waals surface area contributed by atoms with Gasteiger partial charge in [0.1, 0.15) is 17.3 Å². The third kappa shape index (κ3) is 3.43. The molecule has 0 radical (unpaired) electrons. The third-order valence-electron chi connectivity index (χ3n) is 3.49. The van der Waals surface area contributed by atoms with Crippen LogP contribution < -0.4 is 10.1 Å². The van der Waals surface area contributed by atoms with Crippen LogP contribution >= 0.6 is 0 Å². The number of rotatable bonds is 5. The maximum Gasteiger partial charge on any atom is 0.275 e. The molecule has 0 aliphatic carbocycles. The fourth-order valence-electron chi connectivity index (χ4n) is 2.35. The molecule has 2 heterocycles. The smallest absolute Gasteiger partial charge is 0.275 e. The summed E-state index contributed by atoms with van der Waals surface area (Å²) in [4.78, 5) is 16.8. The van der Waals surface area contributed by atoms with E-state index in [9.17, 15) is 4.79 Å². The zero-order valence-corrected chi connectivity index (χ0v) is 13.6. The number of amides is 1. The Morgan fingerprint density at radius 2 is 2.04 bits per heavy atom. The molecule has 0 aliphatic heterocycles. The van der Waals surface area contributed by atoms with Crippen LogP contribution in [-0.2, 0) is 7.05 Å². The SMILES string of the molecule is CCOc1cccc(-c2cccc(NC(=O)c3ccnn3C)n2)c1. The van der Waals surface area contributed by atoms with Gasteiger partial charge in [-0.05, 0) is 37.3 Å². The highest BCUT2D eigenvalue weighted by molar-refractivity contribution is 6.02. The van der Waals surface area contributed by atoms with E-state index in [4.69, 9.17) is 4.74 Å². The first-order valence-corrected chi connectivity index (χ1v) is 7.67. The van der Waals surface area contributed by atoms with Crippen molar-refractivity contribution in [1.82, 2.24) is 14.8 Å². The number of hydrogen-bond donors (Lipinski definition) is 1. The summed E-state index contributed by atoms with van der Waals surface area (Å²) >= 11 is 0. The van der Waals surface area contributed by atoms with Crippen LogP contribution in [0.1, 0.15) is 17.4 Å². The van der Waals surface area contributed by atoms with Gasteiger partial charge in [-0.25, -0.2) is 4.98 Å². The molecule has 2 aromatic heterocycles. The van der Waals surface area contributed by atoms with Gasteiger partial charge in [0.2, 0.25) is 0 Å². The Morgan fingerprint density at radius 1 is 1.21 bits per heavy atom. The summed E-state index contributed by atoms with van der Waals surface area (Å²) < 4.78 is 7.04. The summed E-state index contributed by atoms with van der Waals surface area (Å²) in [5.74, 6) is 1.03. The van der Waals surface area contributed by atoms with E-state index in [2.05, 4.69) is 15.4 Å². The molecule has 24 heavy (non-hydrogen) atoms. The van der Waals surface area contributed by atoms with Crippen molar-refractivity contribution in [2.75, 3.05) is 11.9 Å². The Balaban J connectivity index is 1.83. The van der Waals surface area contributed by atoms with Gasteiger partial charge in [-0.1, -0.05) is 18.2 Å². The Bertz CT molecular complexity index is 857. The molecule has 6 heteroatoms. The van der Waals surface area contributed by atoms with Crippen LogP contribution in [0.15, 0.2) is 54.7 Å². The molecule has 0 spiro atoms. The first kappa shape index (κ1) is 15.7. The lowest BCUT2D eigenvalue weighted by molar-refractivity contribution is 0.101. The maximum atomic E-state index is 12.3. The van der Waals surface area contributed by atoms with Crippen molar-refractivity contribution in [3.63, 3.8) is 0 Å². The van der Waals surface area contributed by atoms with Crippen molar-refractivity contribution in [2.45, 2.75) is 6.92 Å². The van der Waals surface area contributed by atoms with Gasteiger partial charge in [-0.2, -0.15) is 5.10 Å². The molecule has 6 nitrogen and oxygen atoms in total. The molecule has 122 valence electrons. The zero-order valence-electron chi connectivity index (χ0n) is 13.6. The fourth-order valence-corrected chi connectivity index (χ4v) is 2.35. The van der Waals surface area contributed by atoms with E-state index in [0.717, 1.165) is 17.0 Å². The molecule has 3 rings (SSSR count). The van der Waals surface area contributed by atoms with Crippen LogP contribution in [-0.4, -0.2) is 27.3 Å². The number of nitrogens with one attached hydrogen (secondary N) is 1. The number of aromatic nitrogens is 3. The highest BCUT2D eigenvalue weighted by Crippen LogP contribution is 2.23. The van der Waals surface area contributed by atoms with Gasteiger partial charge >= 0.3 is 0 Å². The molecular weight excluding hydrogens is 304 g/mol. The van der Waals surface area contributed by atoms with Crippen LogP contribution in [0.3, 0.4) is 0 Å². The standard InChI is InChI=1S/C18H18N4O2/c1-3-24-14-7-4-6-13(12-14)15-8-5-9-17(20-15)21-18(23)16-10-11-19-22(16)2/h4-12H,3H2,1-2H3,(H,20,21,23). The number of anilines is 1. The summed E-state index contributed by atoms with van der Waals surface area (Å²) in [6.45, 7) is 2.55. The van der Waals surface area contributed by atoms with E-state index < -0.39 is 0 Å². The van der Waals surface area contributed by atoms with E-state index >= 15 is 0 Å². The van der Waals surface area contributed by atoms with Gasteiger partial charge in [-0.3, -0.25) is 9.48 Å². The normalized spacial score (nSPS) is 10.4. The second-order valence-electron chi connectivity index (χ2n) is 5.16. The number of ether oxygens (including phenoxy) is 1. The number of benzene rings is 1. The molecule has 1 amide bonds. The predicted octanol–water partition coefficient (Wildman–Crippen LogP) is 3.13. The molecule has 0 bridgehead atoms. The monoisotopic (exact) mass is 322 g/mol. The molecule has 0 saturated carbocycles. The summed E-state index contributed by atoms with van der Waals surface area (Å²) in [5.41, 5.74) is 2.16. The van der Waals surface area contributed by atoms with Crippen molar-refractivity contribution in [3.05, 3.63) is 60.4 Å². The number of nitrogens with zero attached hydrogens (tertiary/aromatic N) is 3. The third-order valence-corrected chi connectivity index (χ3v) is 3.49. The summed E-state index contributed by atoms with van der Waals surface area (Å²) in [7, 11) is 1.72. The van der Waals surface area contributed by atoms with Gasteiger partial charge in [0.25, 0.3) is 5.91 Å². The van der Waals surface area contributed by atoms with Crippen molar-refractivity contribution < 1.29 is 9.53 Å². The quantitative estimate of drug-likeness (QED) is 0.783. The highest BCUT2D eigenvalue weighted by atomic mass is 16.5. The van der Waals surface area contributed by atoms with Crippen molar-refractivity contribution in [3.8, 4) is 17.0 Å². The zero-order chi connectivity index (χ0) is 16.9. The Kier molecular flexibility index (Phi) is 4.56. The van der Waals surface area contributed by atoms with Gasteiger partial charge < -0.3 is 10.1 Å². The van der Waals surface area contributed by atoms with Crippen molar-refractivity contribution >= 4 is 11.7 Å². The first-order valence-electron chi connectivity index (χ1n) is 7.67. The lowest BCUT2D eigenvalue weighted by Crippen LogP contribution is -2.16. The number of carbonyl (C=O) groups is 1. The fraction of sp³-hybridized carbons (Fsp3) is 0.167. The van der Waals surface area contributed by atoms with Crippen LogP contribution in [0.2, 0.25) is 0 Å². The minimum Gasteiger partial charge on any atom is -0.494 e. The van der Waals surface area contributed by atoms with Gasteiger partial charge in [0.05, 0.1) is 12.3 Å². The second kappa shape index (κ2) is 6.95.